The van der Waals surface area contributed by atoms with E-state index < -0.39 is 17.6 Å². The number of amidine groups is 1. The van der Waals surface area contributed by atoms with Gasteiger partial charge in [-0.15, -0.1) is 0 Å². The highest BCUT2D eigenvalue weighted by atomic mass is 35.5. The lowest BCUT2D eigenvalue weighted by Gasteiger charge is -2.13. The molecule has 1 aromatic carbocycles. The van der Waals surface area contributed by atoms with Gasteiger partial charge in [-0.25, -0.2) is 4.68 Å². The van der Waals surface area contributed by atoms with Crippen molar-refractivity contribution < 1.29 is 13.2 Å². The zero-order valence-electron chi connectivity index (χ0n) is 10.3. The van der Waals surface area contributed by atoms with Crippen molar-refractivity contribution in [1.82, 2.24) is 9.78 Å². The molecule has 8 heteroatoms. The molecule has 20 heavy (non-hydrogen) atoms. The van der Waals surface area contributed by atoms with E-state index in [1.54, 1.807) is 6.92 Å². The zero-order valence-corrected chi connectivity index (χ0v) is 11.0. The van der Waals surface area contributed by atoms with Gasteiger partial charge in [-0.3, -0.25) is 5.41 Å². The summed E-state index contributed by atoms with van der Waals surface area (Å²) >= 11 is 5.83. The van der Waals surface area contributed by atoms with Crippen LogP contribution in [0.3, 0.4) is 0 Å². The molecule has 0 aliphatic heterocycles. The van der Waals surface area contributed by atoms with E-state index in [-0.39, 0.29) is 11.3 Å². The number of nitrogens with two attached hydrogens (primary N) is 1. The summed E-state index contributed by atoms with van der Waals surface area (Å²) in [6.45, 7) is 1.65. The van der Waals surface area contributed by atoms with Crippen LogP contribution in [0.4, 0.5) is 13.2 Å². The van der Waals surface area contributed by atoms with E-state index in [0.717, 1.165) is 12.1 Å². The van der Waals surface area contributed by atoms with Gasteiger partial charge >= 0.3 is 6.18 Å². The summed E-state index contributed by atoms with van der Waals surface area (Å²) < 4.78 is 40.2. The van der Waals surface area contributed by atoms with E-state index in [9.17, 15) is 13.2 Å². The van der Waals surface area contributed by atoms with Crippen molar-refractivity contribution in [2.45, 2.75) is 13.1 Å². The molecule has 4 nitrogen and oxygen atoms in total. The van der Waals surface area contributed by atoms with Crippen LogP contribution in [-0.4, -0.2) is 15.6 Å². The minimum Gasteiger partial charge on any atom is -0.384 e. The Kier molecular flexibility index (Phi) is 3.47. The van der Waals surface area contributed by atoms with Crippen molar-refractivity contribution in [1.29, 1.82) is 5.41 Å². The van der Waals surface area contributed by atoms with Crippen molar-refractivity contribution in [3.05, 3.63) is 46.2 Å². The summed E-state index contributed by atoms with van der Waals surface area (Å²) in [5.41, 5.74) is 4.53. The lowest BCUT2D eigenvalue weighted by Crippen LogP contribution is -2.19. The van der Waals surface area contributed by atoms with Crippen LogP contribution in [0.25, 0.3) is 5.69 Å². The van der Waals surface area contributed by atoms with Crippen LogP contribution in [0.1, 0.15) is 16.8 Å². The molecule has 0 atom stereocenters. The lowest BCUT2D eigenvalue weighted by molar-refractivity contribution is -0.137. The fraction of sp³-hybridized carbons (Fsp3) is 0.167. The Balaban J connectivity index is 2.61. The Morgan fingerprint density at radius 3 is 2.50 bits per heavy atom. The summed E-state index contributed by atoms with van der Waals surface area (Å²) in [6.07, 6.45) is -3.19. The Hall–Kier alpha value is -2.02. The van der Waals surface area contributed by atoms with Gasteiger partial charge in [0.2, 0.25) is 0 Å². The third kappa shape index (κ3) is 2.62. The number of rotatable bonds is 2. The standard InChI is InChI=1S/C12H10ClF3N4/c1-6-10(13)5-20(19-6)7-2-3-8(11(17)18)9(4-7)12(14,15)16/h2-5H,1H3,(H3,17,18). The normalized spacial score (nSPS) is 11.7. The molecule has 106 valence electrons. The largest absolute Gasteiger partial charge is 0.417 e. The number of alkyl halides is 3. The maximum absolute atomic E-state index is 13.0. The van der Waals surface area contributed by atoms with Gasteiger partial charge in [-0.1, -0.05) is 11.6 Å². The molecule has 0 spiro atoms. The van der Waals surface area contributed by atoms with Gasteiger partial charge in [0.25, 0.3) is 0 Å². The average molecular weight is 303 g/mol. The third-order valence-corrected chi connectivity index (χ3v) is 3.07. The molecule has 2 rings (SSSR count). The Morgan fingerprint density at radius 2 is 2.05 bits per heavy atom. The fourth-order valence-electron chi connectivity index (χ4n) is 1.72. The molecule has 0 saturated heterocycles. The van der Waals surface area contributed by atoms with Crippen molar-refractivity contribution in [3.8, 4) is 5.69 Å². The maximum atomic E-state index is 13.0. The van der Waals surface area contributed by atoms with Crippen LogP contribution in [0.15, 0.2) is 24.4 Å². The maximum Gasteiger partial charge on any atom is 0.417 e. The zero-order chi connectivity index (χ0) is 15.1. The Bertz CT molecular complexity index is 656. The number of nitrogen functional groups attached to an aromatic ring is 1. The molecule has 1 aromatic heterocycles. The number of aryl methyl sites for hydroxylation is 1. The van der Waals surface area contributed by atoms with Crippen LogP contribution in [-0.2, 0) is 6.18 Å². The second kappa shape index (κ2) is 4.82. The first-order chi connectivity index (χ1) is 9.20. The van der Waals surface area contributed by atoms with Crippen molar-refractivity contribution in [2.24, 2.45) is 5.73 Å². The van der Waals surface area contributed by atoms with E-state index in [2.05, 4.69) is 5.10 Å². The first-order valence-electron chi connectivity index (χ1n) is 5.48. The van der Waals surface area contributed by atoms with Gasteiger partial charge in [0, 0.05) is 11.8 Å². The van der Waals surface area contributed by atoms with Gasteiger partial charge in [-0.2, -0.15) is 18.3 Å². The second-order valence-corrected chi connectivity index (χ2v) is 4.56. The highest BCUT2D eigenvalue weighted by molar-refractivity contribution is 6.31. The highest BCUT2D eigenvalue weighted by Gasteiger charge is 2.34. The number of nitrogens with zero attached hydrogens (tertiary/aromatic N) is 2. The Morgan fingerprint density at radius 1 is 1.40 bits per heavy atom. The smallest absolute Gasteiger partial charge is 0.384 e. The number of hydrogen-bond acceptors (Lipinski definition) is 2. The number of aromatic nitrogens is 2. The van der Waals surface area contributed by atoms with Crippen LogP contribution in [0.2, 0.25) is 5.02 Å². The van der Waals surface area contributed by atoms with E-state index >= 15 is 0 Å². The monoisotopic (exact) mass is 302 g/mol. The lowest BCUT2D eigenvalue weighted by atomic mass is 10.1. The first-order valence-corrected chi connectivity index (χ1v) is 5.85. The summed E-state index contributed by atoms with van der Waals surface area (Å²) in [4.78, 5) is 0. The quantitative estimate of drug-likeness (QED) is 0.661. The molecular weight excluding hydrogens is 293 g/mol. The summed E-state index contributed by atoms with van der Waals surface area (Å²) in [7, 11) is 0. The molecule has 0 aliphatic carbocycles. The van der Waals surface area contributed by atoms with Crippen LogP contribution in [0, 0.1) is 12.3 Å². The van der Waals surface area contributed by atoms with Crippen molar-refractivity contribution >= 4 is 17.4 Å². The van der Waals surface area contributed by atoms with Gasteiger partial charge < -0.3 is 5.73 Å². The second-order valence-electron chi connectivity index (χ2n) is 4.15. The SMILES string of the molecule is Cc1nn(-c2ccc(C(=N)N)c(C(F)(F)F)c2)cc1Cl. The van der Waals surface area contributed by atoms with E-state index in [1.807, 2.05) is 0 Å². The van der Waals surface area contributed by atoms with E-state index in [4.69, 9.17) is 22.7 Å². The van der Waals surface area contributed by atoms with Crippen molar-refractivity contribution in [2.75, 3.05) is 0 Å². The summed E-state index contributed by atoms with van der Waals surface area (Å²) in [5, 5.41) is 11.6. The topological polar surface area (TPSA) is 67.7 Å². The van der Waals surface area contributed by atoms with Gasteiger partial charge in [0.05, 0.1) is 22.0 Å². The van der Waals surface area contributed by atoms with Gasteiger partial charge in [0.1, 0.15) is 5.84 Å². The molecular formula is C12H10ClF3N4. The van der Waals surface area contributed by atoms with Gasteiger partial charge in [-0.05, 0) is 25.1 Å². The molecule has 0 saturated carbocycles. The molecule has 0 amide bonds. The van der Waals surface area contributed by atoms with Crippen LogP contribution in [0.5, 0.6) is 0 Å². The summed E-state index contributed by atoms with van der Waals surface area (Å²) in [5.74, 6) is -0.640. The number of halogens is 4. The predicted octanol–water partition coefficient (Wildman–Crippen LogP) is 3.14. The molecule has 3 N–H and O–H groups in total. The summed E-state index contributed by atoms with van der Waals surface area (Å²) in [6, 6.07) is 3.43. The van der Waals surface area contributed by atoms with Gasteiger partial charge in [0.15, 0.2) is 0 Å². The van der Waals surface area contributed by atoms with Crippen molar-refractivity contribution in [3.63, 3.8) is 0 Å². The fourth-order valence-corrected chi connectivity index (χ4v) is 1.85. The molecule has 2 aromatic rings. The Labute approximate surface area is 117 Å². The minimum absolute atomic E-state index is 0.192. The average Bonchev–Trinajstić information content (AvgIpc) is 2.67. The van der Waals surface area contributed by atoms with E-state index in [0.29, 0.717) is 10.7 Å². The molecule has 0 radical (unpaired) electrons. The third-order valence-electron chi connectivity index (χ3n) is 2.70. The number of hydrogen-bond donors (Lipinski definition) is 2. The molecule has 0 aliphatic rings. The molecule has 0 fully saturated rings. The highest BCUT2D eigenvalue weighted by Crippen LogP contribution is 2.33. The first kappa shape index (κ1) is 14.4. The minimum atomic E-state index is -4.61. The van der Waals surface area contributed by atoms with Crippen LogP contribution >= 0.6 is 11.6 Å². The molecule has 0 bridgehead atoms. The molecule has 1 heterocycles. The van der Waals surface area contributed by atoms with E-state index in [1.165, 1.54) is 16.9 Å². The number of nitrogens with one attached hydrogen (secondary N) is 1. The molecule has 0 unspecified atom stereocenters. The predicted molar refractivity (Wildman–Crippen MR) is 69.3 cm³/mol. The number of benzene rings is 1. The van der Waals surface area contributed by atoms with Crippen LogP contribution < -0.4 is 5.73 Å².